The summed E-state index contributed by atoms with van der Waals surface area (Å²) in [5.41, 5.74) is 5.60. The molecule has 0 radical (unpaired) electrons. The van der Waals surface area contributed by atoms with Gasteiger partial charge in [-0.1, -0.05) is 102 Å². The monoisotopic (exact) mass is 693 g/mol. The molecule has 50 heavy (non-hydrogen) atoms. The van der Waals surface area contributed by atoms with E-state index in [9.17, 15) is 9.59 Å². The lowest BCUT2D eigenvalue weighted by atomic mass is 9.76. The Hall–Kier alpha value is -4.62. The van der Waals surface area contributed by atoms with E-state index in [0.717, 1.165) is 29.7 Å². The first kappa shape index (κ1) is 36.7. The molecule has 2 unspecified atom stereocenters. The first-order valence-corrected chi connectivity index (χ1v) is 17.8. The Balaban J connectivity index is 1.35. The molecule has 0 spiro atoms. The number of halogens is 1. The van der Waals surface area contributed by atoms with Crippen molar-refractivity contribution in [3.05, 3.63) is 118 Å². The van der Waals surface area contributed by atoms with Crippen LogP contribution in [0.4, 0.5) is 11.4 Å². The fraction of sp³-hybridized carbons (Fsp3) is 0.357. The average Bonchev–Trinajstić information content (AvgIpc) is 3.43. The van der Waals surface area contributed by atoms with Crippen molar-refractivity contribution in [1.82, 2.24) is 0 Å². The van der Waals surface area contributed by atoms with Gasteiger partial charge in [-0.3, -0.25) is 9.59 Å². The third kappa shape index (κ3) is 8.05. The SMILES string of the molecule is CCC(Oc1ccc(C(C)(C)CC)cc1C(C)(C)CC)C(=O)Nc1ccc(N2N=C(c3cccc(Cl)c3)C(Oc3ccc(C)cc3)C2=O)cc1. The Morgan fingerprint density at radius 1 is 0.900 bits per heavy atom. The number of amides is 2. The molecule has 4 aromatic carbocycles. The van der Waals surface area contributed by atoms with Crippen molar-refractivity contribution < 1.29 is 19.1 Å². The highest BCUT2D eigenvalue weighted by atomic mass is 35.5. The van der Waals surface area contributed by atoms with Crippen molar-refractivity contribution in [1.29, 1.82) is 0 Å². The molecule has 1 aliphatic heterocycles. The molecule has 262 valence electrons. The second-order valence-corrected chi connectivity index (χ2v) is 14.6. The number of ether oxygens (including phenoxy) is 2. The van der Waals surface area contributed by atoms with E-state index in [1.807, 2.05) is 56.3 Å². The molecule has 2 atom stereocenters. The van der Waals surface area contributed by atoms with Gasteiger partial charge < -0.3 is 14.8 Å². The second-order valence-electron chi connectivity index (χ2n) is 14.2. The third-order valence-electron chi connectivity index (χ3n) is 9.85. The minimum absolute atomic E-state index is 0.0294. The van der Waals surface area contributed by atoms with Crippen LogP contribution in [-0.2, 0) is 20.4 Å². The van der Waals surface area contributed by atoms with Crippen molar-refractivity contribution in [2.45, 2.75) is 97.7 Å². The highest BCUT2D eigenvalue weighted by molar-refractivity contribution is 6.31. The number of rotatable bonds is 13. The van der Waals surface area contributed by atoms with Gasteiger partial charge in [0.2, 0.25) is 6.10 Å². The lowest BCUT2D eigenvalue weighted by Gasteiger charge is -2.31. The summed E-state index contributed by atoms with van der Waals surface area (Å²) < 4.78 is 12.7. The van der Waals surface area contributed by atoms with Gasteiger partial charge in [-0.2, -0.15) is 10.1 Å². The molecule has 4 aromatic rings. The summed E-state index contributed by atoms with van der Waals surface area (Å²) in [5, 5.41) is 9.56. The summed E-state index contributed by atoms with van der Waals surface area (Å²) in [5.74, 6) is 0.704. The molecule has 0 saturated carbocycles. The summed E-state index contributed by atoms with van der Waals surface area (Å²) in [6.45, 7) is 17.2. The normalized spacial score (nSPS) is 15.5. The minimum Gasteiger partial charge on any atom is -0.480 e. The molecule has 0 saturated heterocycles. The Labute approximate surface area is 301 Å². The van der Waals surface area contributed by atoms with E-state index < -0.39 is 12.2 Å². The predicted molar refractivity (Wildman–Crippen MR) is 204 cm³/mol. The summed E-state index contributed by atoms with van der Waals surface area (Å²) in [6, 6.07) is 28.1. The van der Waals surface area contributed by atoms with Gasteiger partial charge in [0.05, 0.1) is 5.69 Å². The molecular formula is C42H48ClN3O4. The van der Waals surface area contributed by atoms with Gasteiger partial charge in [0.1, 0.15) is 17.2 Å². The largest absolute Gasteiger partial charge is 0.480 e. The fourth-order valence-electron chi connectivity index (χ4n) is 5.70. The van der Waals surface area contributed by atoms with Crippen LogP contribution in [-0.4, -0.2) is 29.7 Å². The number of hydrogen-bond acceptors (Lipinski definition) is 5. The molecule has 1 N–H and O–H groups in total. The number of hydrogen-bond donors (Lipinski definition) is 1. The van der Waals surface area contributed by atoms with Crippen LogP contribution in [0.25, 0.3) is 0 Å². The minimum atomic E-state index is -0.970. The van der Waals surface area contributed by atoms with E-state index in [2.05, 4.69) is 59.0 Å². The highest BCUT2D eigenvalue weighted by Crippen LogP contribution is 2.39. The van der Waals surface area contributed by atoms with Crippen LogP contribution < -0.4 is 19.8 Å². The summed E-state index contributed by atoms with van der Waals surface area (Å²) in [4.78, 5) is 27.3. The molecule has 0 aromatic heterocycles. The number of carbonyl (C=O) groups excluding carboxylic acids is 2. The number of benzene rings is 4. The Kier molecular flexibility index (Phi) is 11.1. The van der Waals surface area contributed by atoms with Gasteiger partial charge in [0.15, 0.2) is 6.10 Å². The topological polar surface area (TPSA) is 80.2 Å². The van der Waals surface area contributed by atoms with Crippen LogP contribution in [0.5, 0.6) is 11.5 Å². The molecule has 0 aliphatic carbocycles. The molecule has 7 nitrogen and oxygen atoms in total. The quantitative estimate of drug-likeness (QED) is 0.151. The maximum atomic E-state index is 13.8. The van der Waals surface area contributed by atoms with Crippen LogP contribution >= 0.6 is 11.6 Å². The van der Waals surface area contributed by atoms with E-state index in [4.69, 9.17) is 26.2 Å². The number of hydrazone groups is 1. The maximum absolute atomic E-state index is 13.8. The highest BCUT2D eigenvalue weighted by Gasteiger charge is 2.40. The zero-order chi connectivity index (χ0) is 36.2. The van der Waals surface area contributed by atoms with Gasteiger partial charge in [-0.05, 0) is 97.2 Å². The average molecular weight is 694 g/mol. The van der Waals surface area contributed by atoms with Crippen LogP contribution in [0.1, 0.15) is 90.0 Å². The lowest BCUT2D eigenvalue weighted by Crippen LogP contribution is -2.37. The van der Waals surface area contributed by atoms with E-state index in [-0.39, 0.29) is 22.6 Å². The van der Waals surface area contributed by atoms with E-state index in [1.54, 1.807) is 36.4 Å². The van der Waals surface area contributed by atoms with Crippen LogP contribution in [0, 0.1) is 6.92 Å². The first-order chi connectivity index (χ1) is 23.8. The van der Waals surface area contributed by atoms with Gasteiger partial charge in [0, 0.05) is 21.8 Å². The number of aryl methyl sites for hydroxylation is 1. The first-order valence-electron chi connectivity index (χ1n) is 17.4. The van der Waals surface area contributed by atoms with Crippen LogP contribution in [0.15, 0.2) is 96.1 Å². The summed E-state index contributed by atoms with van der Waals surface area (Å²) in [7, 11) is 0. The van der Waals surface area contributed by atoms with Crippen molar-refractivity contribution in [2.24, 2.45) is 5.10 Å². The van der Waals surface area contributed by atoms with Gasteiger partial charge in [-0.25, -0.2) is 0 Å². The second kappa shape index (κ2) is 15.1. The van der Waals surface area contributed by atoms with Crippen molar-refractivity contribution >= 4 is 40.5 Å². The summed E-state index contributed by atoms with van der Waals surface area (Å²) in [6.07, 6.45) is 0.765. The Morgan fingerprint density at radius 2 is 1.58 bits per heavy atom. The molecular weight excluding hydrogens is 646 g/mol. The van der Waals surface area contributed by atoms with Gasteiger partial charge >= 0.3 is 0 Å². The number of nitrogens with one attached hydrogen (secondary N) is 1. The molecule has 0 bridgehead atoms. The number of nitrogens with zero attached hydrogens (tertiary/aromatic N) is 2. The Bertz CT molecular complexity index is 1870. The fourth-order valence-corrected chi connectivity index (χ4v) is 5.89. The van der Waals surface area contributed by atoms with E-state index in [1.165, 1.54) is 10.6 Å². The molecule has 2 amide bonds. The molecule has 8 heteroatoms. The zero-order valence-corrected chi connectivity index (χ0v) is 31.1. The van der Waals surface area contributed by atoms with E-state index in [0.29, 0.717) is 39.8 Å². The third-order valence-corrected chi connectivity index (χ3v) is 10.1. The van der Waals surface area contributed by atoms with Gasteiger partial charge in [0.25, 0.3) is 11.8 Å². The molecule has 0 fully saturated rings. The van der Waals surface area contributed by atoms with Crippen LogP contribution in [0.3, 0.4) is 0 Å². The standard InChI is InChI=1S/C42H48ClN3O4/c1-9-35(50-36-24-17-29(41(5,6)10-2)26-34(36)42(7,8)11-3)39(47)44-31-18-20-32(21-19-31)46-40(48)38(49-33-22-15-27(4)16-23-33)37(45-46)28-13-12-14-30(43)25-28/h12-26,35,38H,9-11H2,1-8H3,(H,44,47). The summed E-state index contributed by atoms with van der Waals surface area (Å²) >= 11 is 6.30. The van der Waals surface area contributed by atoms with Crippen molar-refractivity contribution in [2.75, 3.05) is 10.3 Å². The molecule has 1 aliphatic rings. The van der Waals surface area contributed by atoms with Crippen LogP contribution in [0.2, 0.25) is 5.02 Å². The molecule has 1 heterocycles. The van der Waals surface area contributed by atoms with Crippen molar-refractivity contribution in [3.63, 3.8) is 0 Å². The zero-order valence-electron chi connectivity index (χ0n) is 30.3. The van der Waals surface area contributed by atoms with Crippen molar-refractivity contribution in [3.8, 4) is 11.5 Å². The lowest BCUT2D eigenvalue weighted by molar-refractivity contribution is -0.123. The van der Waals surface area contributed by atoms with E-state index >= 15 is 0 Å². The maximum Gasteiger partial charge on any atom is 0.294 e. The molecule has 5 rings (SSSR count). The number of carbonyl (C=O) groups is 2. The smallest absolute Gasteiger partial charge is 0.294 e. The predicted octanol–water partition coefficient (Wildman–Crippen LogP) is 10.0. The number of anilines is 2. The van der Waals surface area contributed by atoms with Gasteiger partial charge in [-0.15, -0.1) is 0 Å². The Morgan fingerprint density at radius 3 is 2.20 bits per heavy atom.